The molecule has 0 aromatic heterocycles. The number of unbranched alkanes of at least 4 members (excludes halogenated alkanes) is 1. The molecular formula is C17H26O4. The van der Waals surface area contributed by atoms with Crippen molar-refractivity contribution in [2.75, 3.05) is 13.2 Å². The van der Waals surface area contributed by atoms with E-state index in [2.05, 4.69) is 0 Å². The molecule has 0 aliphatic carbocycles. The van der Waals surface area contributed by atoms with Crippen molar-refractivity contribution in [1.82, 2.24) is 0 Å². The van der Waals surface area contributed by atoms with E-state index >= 15 is 0 Å². The first-order valence-corrected chi connectivity index (χ1v) is 7.66. The van der Waals surface area contributed by atoms with E-state index in [4.69, 9.17) is 14.9 Å². The normalized spacial score (nSPS) is 12.2. The maximum atomic E-state index is 10.6. The van der Waals surface area contributed by atoms with Gasteiger partial charge in [-0.3, -0.25) is 4.79 Å². The maximum Gasteiger partial charge on any atom is 0.303 e. The lowest BCUT2D eigenvalue weighted by atomic mass is 9.94. The number of aliphatic hydroxyl groups excluding tert-OH is 1. The van der Waals surface area contributed by atoms with Gasteiger partial charge in [-0.1, -0.05) is 43.2 Å². The summed E-state index contributed by atoms with van der Waals surface area (Å²) < 4.78 is 5.62. The Bertz CT molecular complexity index is 378. The first kappa shape index (κ1) is 17.7. The van der Waals surface area contributed by atoms with Gasteiger partial charge in [-0.05, 0) is 30.7 Å². The first-order chi connectivity index (χ1) is 10.2. The second-order valence-corrected chi connectivity index (χ2v) is 5.34. The highest BCUT2D eigenvalue weighted by Crippen LogP contribution is 2.18. The number of ether oxygens (including phenoxy) is 1. The molecule has 118 valence electrons. The molecule has 0 bridgehead atoms. The van der Waals surface area contributed by atoms with Crippen molar-refractivity contribution in [2.24, 2.45) is 5.92 Å². The number of carboxylic acids is 1. The minimum Gasteiger partial charge on any atom is -0.481 e. The van der Waals surface area contributed by atoms with Crippen molar-refractivity contribution in [2.45, 2.75) is 45.1 Å². The van der Waals surface area contributed by atoms with Crippen molar-refractivity contribution < 1.29 is 19.7 Å². The molecular weight excluding hydrogens is 268 g/mol. The molecule has 2 N–H and O–H groups in total. The number of carbonyl (C=O) groups is 1. The van der Waals surface area contributed by atoms with Gasteiger partial charge in [0.2, 0.25) is 0 Å². The van der Waals surface area contributed by atoms with Gasteiger partial charge in [0.15, 0.2) is 0 Å². The molecule has 1 rings (SSSR count). The Morgan fingerprint density at radius 3 is 2.52 bits per heavy atom. The summed E-state index contributed by atoms with van der Waals surface area (Å²) in [5.41, 5.74) is 1.18. The number of hydrogen-bond acceptors (Lipinski definition) is 3. The van der Waals surface area contributed by atoms with Crippen LogP contribution in [0.15, 0.2) is 30.3 Å². The third-order valence-corrected chi connectivity index (χ3v) is 3.57. The van der Waals surface area contributed by atoms with Crippen molar-refractivity contribution in [3.8, 4) is 0 Å². The van der Waals surface area contributed by atoms with Gasteiger partial charge in [0.1, 0.15) is 0 Å². The fraction of sp³-hybridized carbons (Fsp3) is 0.588. The standard InChI is InChI=1S/C17H26O4/c18-12-11-15(9-10-17(19)20)6-4-5-13-21-14-16-7-2-1-3-8-16/h1-3,7-8,15,18H,4-6,9-14H2,(H,19,20). The highest BCUT2D eigenvalue weighted by atomic mass is 16.5. The Morgan fingerprint density at radius 2 is 1.86 bits per heavy atom. The zero-order chi connectivity index (χ0) is 15.3. The van der Waals surface area contributed by atoms with Crippen LogP contribution in [0.2, 0.25) is 0 Å². The molecule has 1 atom stereocenters. The third-order valence-electron chi connectivity index (χ3n) is 3.57. The average molecular weight is 294 g/mol. The Balaban J connectivity index is 2.06. The van der Waals surface area contributed by atoms with Crippen molar-refractivity contribution in [3.63, 3.8) is 0 Å². The van der Waals surface area contributed by atoms with Gasteiger partial charge in [-0.25, -0.2) is 0 Å². The maximum absolute atomic E-state index is 10.6. The van der Waals surface area contributed by atoms with Crippen molar-refractivity contribution in [1.29, 1.82) is 0 Å². The van der Waals surface area contributed by atoms with Crippen LogP contribution in [0.5, 0.6) is 0 Å². The second-order valence-electron chi connectivity index (χ2n) is 5.34. The molecule has 0 radical (unpaired) electrons. The van der Waals surface area contributed by atoms with E-state index in [9.17, 15) is 4.79 Å². The van der Waals surface area contributed by atoms with Crippen LogP contribution in [0, 0.1) is 5.92 Å². The van der Waals surface area contributed by atoms with Crippen LogP contribution >= 0.6 is 0 Å². The number of aliphatic hydroxyl groups is 1. The highest BCUT2D eigenvalue weighted by molar-refractivity contribution is 5.66. The van der Waals surface area contributed by atoms with Crippen LogP contribution in [0.3, 0.4) is 0 Å². The Morgan fingerprint density at radius 1 is 1.10 bits per heavy atom. The first-order valence-electron chi connectivity index (χ1n) is 7.66. The number of rotatable bonds is 12. The van der Waals surface area contributed by atoms with E-state index in [1.807, 2.05) is 30.3 Å². The molecule has 0 amide bonds. The van der Waals surface area contributed by atoms with Crippen LogP contribution in [-0.2, 0) is 16.1 Å². The van der Waals surface area contributed by atoms with Crippen LogP contribution in [-0.4, -0.2) is 29.4 Å². The molecule has 0 heterocycles. The van der Waals surface area contributed by atoms with E-state index < -0.39 is 5.97 Å². The van der Waals surface area contributed by atoms with Gasteiger partial charge >= 0.3 is 5.97 Å². The van der Waals surface area contributed by atoms with Crippen molar-refractivity contribution >= 4 is 5.97 Å². The number of hydrogen-bond donors (Lipinski definition) is 2. The average Bonchev–Trinajstić information content (AvgIpc) is 2.49. The van der Waals surface area contributed by atoms with E-state index in [1.54, 1.807) is 0 Å². The third kappa shape index (κ3) is 9.21. The molecule has 4 heteroatoms. The lowest BCUT2D eigenvalue weighted by Gasteiger charge is -2.14. The largest absolute Gasteiger partial charge is 0.481 e. The molecule has 0 aliphatic heterocycles. The van der Waals surface area contributed by atoms with Crippen molar-refractivity contribution in [3.05, 3.63) is 35.9 Å². The zero-order valence-corrected chi connectivity index (χ0v) is 12.5. The summed E-state index contributed by atoms with van der Waals surface area (Å²) in [6.45, 7) is 1.49. The molecule has 21 heavy (non-hydrogen) atoms. The van der Waals surface area contributed by atoms with Crippen LogP contribution < -0.4 is 0 Å². The van der Waals surface area contributed by atoms with Gasteiger partial charge in [-0.2, -0.15) is 0 Å². The van der Waals surface area contributed by atoms with E-state index in [0.717, 1.165) is 25.9 Å². The monoisotopic (exact) mass is 294 g/mol. The summed E-state index contributed by atoms with van der Waals surface area (Å²) in [6.07, 6.45) is 4.48. The molecule has 0 aliphatic rings. The Labute approximate surface area is 126 Å². The molecule has 0 spiro atoms. The highest BCUT2D eigenvalue weighted by Gasteiger charge is 2.10. The molecule has 4 nitrogen and oxygen atoms in total. The molecule has 0 fully saturated rings. The minimum atomic E-state index is -0.760. The van der Waals surface area contributed by atoms with Crippen LogP contribution in [0.1, 0.15) is 44.1 Å². The summed E-state index contributed by atoms with van der Waals surface area (Å²) in [5, 5.41) is 17.7. The topological polar surface area (TPSA) is 66.8 Å². The quantitative estimate of drug-likeness (QED) is 0.581. The van der Waals surface area contributed by atoms with Crippen LogP contribution in [0.25, 0.3) is 0 Å². The molecule has 1 aromatic carbocycles. The lowest BCUT2D eigenvalue weighted by molar-refractivity contribution is -0.137. The fourth-order valence-corrected chi connectivity index (χ4v) is 2.34. The van der Waals surface area contributed by atoms with Gasteiger partial charge in [0.05, 0.1) is 6.61 Å². The SMILES string of the molecule is O=C(O)CCC(CCO)CCCCOCc1ccccc1. The Hall–Kier alpha value is -1.39. The summed E-state index contributed by atoms with van der Waals surface area (Å²) in [4.78, 5) is 10.6. The van der Waals surface area contributed by atoms with Gasteiger partial charge in [0.25, 0.3) is 0 Å². The van der Waals surface area contributed by atoms with E-state index in [-0.39, 0.29) is 13.0 Å². The van der Waals surface area contributed by atoms with Gasteiger partial charge in [-0.15, -0.1) is 0 Å². The molecule has 0 saturated heterocycles. The predicted octanol–water partition coefficient (Wildman–Crippen LogP) is 3.24. The fourth-order valence-electron chi connectivity index (χ4n) is 2.34. The predicted molar refractivity (Wildman–Crippen MR) is 82.0 cm³/mol. The van der Waals surface area contributed by atoms with E-state index in [0.29, 0.717) is 25.4 Å². The summed E-state index contributed by atoms with van der Waals surface area (Å²) in [6, 6.07) is 10.1. The summed E-state index contributed by atoms with van der Waals surface area (Å²) in [7, 11) is 0. The molecule has 1 aromatic rings. The number of carboxylic acid groups (broad SMARTS) is 1. The zero-order valence-electron chi connectivity index (χ0n) is 12.5. The summed E-state index contributed by atoms with van der Waals surface area (Å²) >= 11 is 0. The van der Waals surface area contributed by atoms with Crippen LogP contribution in [0.4, 0.5) is 0 Å². The number of aliphatic carboxylic acids is 1. The molecule has 0 saturated carbocycles. The Kier molecular flexibility index (Phi) is 9.49. The lowest BCUT2D eigenvalue weighted by Crippen LogP contribution is -2.07. The number of benzene rings is 1. The van der Waals surface area contributed by atoms with E-state index in [1.165, 1.54) is 5.56 Å². The second kappa shape index (κ2) is 11.3. The van der Waals surface area contributed by atoms with Gasteiger partial charge < -0.3 is 14.9 Å². The minimum absolute atomic E-state index is 0.134. The van der Waals surface area contributed by atoms with Gasteiger partial charge in [0, 0.05) is 19.6 Å². The molecule has 1 unspecified atom stereocenters. The smallest absolute Gasteiger partial charge is 0.303 e. The summed E-state index contributed by atoms with van der Waals surface area (Å²) in [5.74, 6) is -0.454.